The zero-order valence-electron chi connectivity index (χ0n) is 64.3. The molecule has 6 amide bonds. The predicted molar refractivity (Wildman–Crippen MR) is 425 cm³/mol. The molecule has 0 aromatic heterocycles. The smallest absolute Gasteiger partial charge is 0.255 e. The average molecular weight is 1560 g/mol. The van der Waals surface area contributed by atoms with E-state index in [-0.39, 0.29) is 52.8 Å². The van der Waals surface area contributed by atoms with Crippen molar-refractivity contribution in [1.82, 2.24) is 45.3 Å². The van der Waals surface area contributed by atoms with Gasteiger partial charge in [-0.1, -0.05) is 92.0 Å². The summed E-state index contributed by atoms with van der Waals surface area (Å²) in [6, 6.07) is 33.8. The molecule has 15 rings (SSSR count). The Bertz CT molecular complexity index is 4430. The van der Waals surface area contributed by atoms with E-state index in [1.54, 1.807) is 39.0 Å². The Morgan fingerprint density at radius 3 is 1.18 bits per heavy atom. The predicted octanol–water partition coefficient (Wildman–Crippen LogP) is 9.85. The molecule has 3 unspecified atom stereocenters. The maximum atomic E-state index is 13.0. The zero-order chi connectivity index (χ0) is 79.1. The number of morpholine rings is 3. The summed E-state index contributed by atoms with van der Waals surface area (Å²) in [4.78, 5) is 127. The lowest BCUT2D eigenvalue weighted by Crippen LogP contribution is -2.49. The van der Waals surface area contributed by atoms with Crippen LogP contribution in [0.5, 0.6) is 17.2 Å². The maximum absolute atomic E-state index is 13.0. The number of allylic oxidation sites excluding steroid dienone is 3. The molecular formula is C88H100ClN9O15. The van der Waals surface area contributed by atoms with Crippen molar-refractivity contribution < 1.29 is 71.6 Å². The summed E-state index contributed by atoms with van der Waals surface area (Å²) in [5.41, 5.74) is 12.5. The van der Waals surface area contributed by atoms with Crippen LogP contribution in [0.1, 0.15) is 159 Å². The first-order valence-electron chi connectivity index (χ1n) is 39.4. The summed E-state index contributed by atoms with van der Waals surface area (Å²) in [7, 11) is 0. The molecule has 3 N–H and O–H groups in total. The highest BCUT2D eigenvalue weighted by atomic mass is 35.5. The number of nitrogens with zero attached hydrogens (tertiary/aromatic N) is 6. The lowest BCUT2D eigenvalue weighted by atomic mass is 9.99. The molecule has 113 heavy (non-hydrogen) atoms. The largest absolute Gasteiger partial charge is 0.492 e. The topological polar surface area (TPSA) is 265 Å². The number of piperidine rings is 3. The molecule has 0 aliphatic carbocycles. The molecule has 3 atom stereocenters. The van der Waals surface area contributed by atoms with Gasteiger partial charge in [-0.25, -0.2) is 0 Å². The van der Waals surface area contributed by atoms with Crippen LogP contribution in [0.25, 0.3) is 0 Å². The van der Waals surface area contributed by atoms with Crippen LogP contribution < -0.4 is 30.2 Å². The number of rotatable bonds is 27. The van der Waals surface area contributed by atoms with Gasteiger partial charge in [0.15, 0.2) is 17.3 Å². The third kappa shape index (κ3) is 20.8. The van der Waals surface area contributed by atoms with Crippen LogP contribution in [-0.4, -0.2) is 219 Å². The number of nitrogens with one attached hydrogen (secondary N) is 3. The van der Waals surface area contributed by atoms with E-state index >= 15 is 0 Å². The van der Waals surface area contributed by atoms with E-state index in [1.165, 1.54) is 0 Å². The summed E-state index contributed by atoms with van der Waals surface area (Å²) in [6.07, 6.45) is 6.48. The van der Waals surface area contributed by atoms with Crippen LogP contribution in [0, 0.1) is 6.92 Å². The van der Waals surface area contributed by atoms with Gasteiger partial charge in [-0.15, -0.1) is 0 Å². The summed E-state index contributed by atoms with van der Waals surface area (Å²) < 4.78 is 33.9. The molecule has 6 saturated heterocycles. The van der Waals surface area contributed by atoms with Gasteiger partial charge in [0, 0.05) is 148 Å². The molecular weight excluding hydrogens is 1460 g/mol. The number of hydrogen-bond donors (Lipinski definition) is 3. The van der Waals surface area contributed by atoms with Crippen LogP contribution >= 0.6 is 11.6 Å². The van der Waals surface area contributed by atoms with Gasteiger partial charge < -0.3 is 59.1 Å². The average Bonchev–Trinajstić information content (AvgIpc) is 1.64. The molecule has 0 radical (unpaired) electrons. The van der Waals surface area contributed by atoms with Crippen LogP contribution in [-0.2, 0) is 67.5 Å². The summed E-state index contributed by atoms with van der Waals surface area (Å²) >= 11 is 6.31. The van der Waals surface area contributed by atoms with Crippen LogP contribution in [0.15, 0.2) is 152 Å². The minimum absolute atomic E-state index is 0.00277. The lowest BCUT2D eigenvalue weighted by Gasteiger charge is -2.30. The minimum Gasteiger partial charge on any atom is -0.492 e. The maximum Gasteiger partial charge on any atom is 0.255 e. The standard InChI is InChI=1S/C30H35N3O5.C29H32ClN3O5.C29H33N3O5/c1-20-3-7-23(18-28(20)38-16-13-32-11-14-37-15-12-32)27(34)10-6-22-5-8-25-24(17-22)19-33(30(25)36)26-9-4-21(2)31-29(26)35;1-19-2-8-25(28(35)31-19)33-18-22-16-20(3-6-23(22)29(33)36)4-9-26(34)21-5-7-24(30)27(17-21)38-15-12-32-10-13-37-14-11-32;1-20-5-9-26(28(34)30-20)32-19-23-17-21(6-8-25(23)29(32)35)7-10-27(33)22-3-2-4-24(18-22)37-16-13-31-11-14-36-15-12-31/h3,5,7-8,17-18,26H,2,4,6,9-16,19H2,1H3,(H,31,35);3,5-7,16-17,25H,1-2,4,8-15,18H2,(H,31,35);2-4,6,8,17-18,26H,1,5,7,9-16,19H2,(H,30,34). The first-order chi connectivity index (χ1) is 54.7. The number of Topliss-reactive ketones (excluding diaryl/α,β-unsaturated/α-hetero) is 3. The van der Waals surface area contributed by atoms with E-state index in [4.69, 9.17) is 40.0 Å². The number of amides is 6. The van der Waals surface area contributed by atoms with E-state index < -0.39 is 18.1 Å². The molecule has 6 aromatic rings. The van der Waals surface area contributed by atoms with Crippen LogP contribution in [0.2, 0.25) is 5.02 Å². The molecule has 0 spiro atoms. The summed E-state index contributed by atoms with van der Waals surface area (Å²) in [6.45, 7) is 28.7. The van der Waals surface area contributed by atoms with Gasteiger partial charge in [0.05, 0.1) is 44.7 Å². The lowest BCUT2D eigenvalue weighted by molar-refractivity contribution is -0.127. The fourth-order valence-corrected chi connectivity index (χ4v) is 15.8. The first kappa shape index (κ1) is 80.9. The van der Waals surface area contributed by atoms with Crippen molar-refractivity contribution in [3.05, 3.63) is 229 Å². The highest BCUT2D eigenvalue weighted by molar-refractivity contribution is 6.32. The summed E-state index contributed by atoms with van der Waals surface area (Å²) in [5, 5.41) is 8.77. The van der Waals surface area contributed by atoms with Crippen molar-refractivity contribution in [1.29, 1.82) is 0 Å². The highest BCUT2D eigenvalue weighted by Crippen LogP contribution is 2.35. The first-order valence-corrected chi connectivity index (χ1v) is 39.8. The van der Waals surface area contributed by atoms with Gasteiger partial charge in [-0.05, 0) is 158 Å². The van der Waals surface area contributed by atoms with Crippen molar-refractivity contribution >= 4 is 64.4 Å². The highest BCUT2D eigenvalue weighted by Gasteiger charge is 2.41. The fraction of sp³-hybridized carbons (Fsp3) is 0.420. The number of carbonyl (C=O) groups excluding carboxylic acids is 9. The van der Waals surface area contributed by atoms with Crippen molar-refractivity contribution in [2.24, 2.45) is 0 Å². The van der Waals surface area contributed by atoms with Crippen LogP contribution in [0.4, 0.5) is 0 Å². The third-order valence-electron chi connectivity index (χ3n) is 22.3. The molecule has 6 aromatic carbocycles. The number of ketones is 3. The van der Waals surface area contributed by atoms with Gasteiger partial charge in [-0.2, -0.15) is 0 Å². The van der Waals surface area contributed by atoms with Gasteiger partial charge in [0.25, 0.3) is 17.7 Å². The summed E-state index contributed by atoms with van der Waals surface area (Å²) in [5.74, 6) is 1.18. The quantitative estimate of drug-likeness (QED) is 0.0405. The molecule has 0 bridgehead atoms. The number of benzene rings is 6. The Morgan fingerprint density at radius 2 is 0.788 bits per heavy atom. The number of hydrogen-bond acceptors (Lipinski definition) is 18. The molecule has 0 saturated carbocycles. The SMILES string of the molecule is C=C1CCC(N2Cc3cc(CCC(=O)c4ccc(C)c(OCCN5CCOCC5)c4)ccc3C2=O)C(=O)N1.C=C1CCC(N2Cc3cc(CCC(=O)c4ccc(Cl)c(OCCN5CCOCC5)c4)ccc3C2=O)C(=O)N1.C=C1CCC(N2Cc3cc(CCC(=O)c4cccc(OCCN5CCOCC5)c4)ccc3C2=O)C(=O)N1. The van der Waals surface area contributed by atoms with E-state index in [0.717, 1.165) is 143 Å². The molecule has 25 heteroatoms. The Balaban J connectivity index is 0.000000148. The number of carbonyl (C=O) groups is 9. The molecule has 594 valence electrons. The second-order valence-electron chi connectivity index (χ2n) is 30.0. The normalized spacial score (nSPS) is 19.9. The molecule has 24 nitrogen and oxygen atoms in total. The third-order valence-corrected chi connectivity index (χ3v) is 22.6. The second-order valence-corrected chi connectivity index (χ2v) is 30.5. The van der Waals surface area contributed by atoms with Gasteiger partial charge >= 0.3 is 0 Å². The van der Waals surface area contributed by atoms with Crippen molar-refractivity contribution in [3.8, 4) is 17.2 Å². The Hall–Kier alpha value is -10.2. The molecule has 9 aliphatic rings. The number of halogens is 1. The van der Waals surface area contributed by atoms with Gasteiger partial charge in [0.2, 0.25) is 17.7 Å². The van der Waals surface area contributed by atoms with Crippen LogP contribution in [0.3, 0.4) is 0 Å². The van der Waals surface area contributed by atoms with Crippen molar-refractivity contribution in [2.75, 3.05) is 118 Å². The fourth-order valence-electron chi connectivity index (χ4n) is 15.6. The number of fused-ring (bicyclic) bond motifs is 3. The van der Waals surface area contributed by atoms with Crippen molar-refractivity contribution in [2.45, 2.75) is 122 Å². The van der Waals surface area contributed by atoms with E-state index in [1.807, 2.05) is 97.9 Å². The van der Waals surface area contributed by atoms with E-state index in [2.05, 4.69) is 50.4 Å². The molecule has 6 fully saturated rings. The van der Waals surface area contributed by atoms with E-state index in [9.17, 15) is 43.2 Å². The Kier molecular flexibility index (Phi) is 27.3. The number of ether oxygens (including phenoxy) is 6. The monoisotopic (exact) mass is 1560 g/mol. The number of aryl methyl sites for hydroxylation is 4. The molecule has 9 heterocycles. The minimum atomic E-state index is -0.486. The molecule has 9 aliphatic heterocycles. The van der Waals surface area contributed by atoms with Crippen molar-refractivity contribution in [3.63, 3.8) is 0 Å². The Labute approximate surface area is 664 Å². The zero-order valence-corrected chi connectivity index (χ0v) is 65.1. The Morgan fingerprint density at radius 1 is 0.434 bits per heavy atom. The van der Waals surface area contributed by atoms with Gasteiger partial charge in [0.1, 0.15) is 55.2 Å². The van der Waals surface area contributed by atoms with E-state index in [0.29, 0.717) is 183 Å². The van der Waals surface area contributed by atoms with Gasteiger partial charge in [-0.3, -0.25) is 57.9 Å². The second kappa shape index (κ2) is 38.1.